The van der Waals surface area contributed by atoms with E-state index in [4.69, 9.17) is 18.9 Å². The van der Waals surface area contributed by atoms with Crippen molar-refractivity contribution in [1.82, 2.24) is 0 Å². The molecule has 0 spiro atoms. The van der Waals surface area contributed by atoms with Crippen molar-refractivity contribution in [2.24, 2.45) is 4.99 Å². The van der Waals surface area contributed by atoms with Crippen LogP contribution < -0.4 is 9.47 Å². The lowest BCUT2D eigenvalue weighted by Crippen LogP contribution is -2.21. The van der Waals surface area contributed by atoms with E-state index in [0.717, 1.165) is 17.1 Å². The summed E-state index contributed by atoms with van der Waals surface area (Å²) in [5.41, 5.74) is 1.00. The number of benzene rings is 1. The average molecular weight is 279 g/mol. The van der Waals surface area contributed by atoms with E-state index >= 15 is 0 Å². The van der Waals surface area contributed by atoms with E-state index in [0.29, 0.717) is 13.2 Å². The minimum absolute atomic E-state index is 0.0887. The van der Waals surface area contributed by atoms with Crippen molar-refractivity contribution in [2.75, 3.05) is 20.8 Å². The lowest BCUT2D eigenvalue weighted by molar-refractivity contribution is -0.130. The molecular formula is C15H21NO4. The Kier molecular flexibility index (Phi) is 4.62. The molecule has 1 fully saturated rings. The van der Waals surface area contributed by atoms with Gasteiger partial charge in [-0.3, -0.25) is 4.99 Å². The first kappa shape index (κ1) is 14.8. The van der Waals surface area contributed by atoms with E-state index in [1.165, 1.54) is 0 Å². The molecule has 1 atom stereocenters. The van der Waals surface area contributed by atoms with Crippen LogP contribution in [0.4, 0.5) is 0 Å². The molecular weight excluding hydrogens is 258 g/mol. The number of methoxy groups -OCH3 is 2. The van der Waals surface area contributed by atoms with Crippen molar-refractivity contribution < 1.29 is 18.9 Å². The highest BCUT2D eigenvalue weighted by Gasteiger charge is 2.31. The highest BCUT2D eigenvalue weighted by molar-refractivity contribution is 5.63. The molecule has 0 unspecified atom stereocenters. The largest absolute Gasteiger partial charge is 0.497 e. The molecule has 1 saturated heterocycles. The zero-order chi connectivity index (χ0) is 14.6. The molecule has 20 heavy (non-hydrogen) atoms. The average Bonchev–Trinajstić information content (AvgIpc) is 2.78. The van der Waals surface area contributed by atoms with Crippen LogP contribution in [0.25, 0.3) is 0 Å². The Morgan fingerprint density at radius 3 is 2.75 bits per heavy atom. The van der Waals surface area contributed by atoms with Crippen molar-refractivity contribution in [3.63, 3.8) is 0 Å². The number of hydrogen-bond donors (Lipinski definition) is 0. The van der Waals surface area contributed by atoms with Gasteiger partial charge in [0, 0.05) is 17.8 Å². The van der Waals surface area contributed by atoms with Gasteiger partial charge in [0.15, 0.2) is 5.79 Å². The molecule has 0 radical (unpaired) electrons. The van der Waals surface area contributed by atoms with Crippen LogP contribution in [0.2, 0.25) is 0 Å². The number of rotatable bonds is 5. The highest BCUT2D eigenvalue weighted by Crippen LogP contribution is 2.25. The molecule has 1 heterocycles. The van der Waals surface area contributed by atoms with Gasteiger partial charge in [-0.15, -0.1) is 0 Å². The summed E-state index contributed by atoms with van der Waals surface area (Å²) in [5.74, 6) is 1.02. The molecule has 5 nitrogen and oxygen atoms in total. The summed E-state index contributed by atoms with van der Waals surface area (Å²) in [7, 11) is 3.27. The van der Waals surface area contributed by atoms with Gasteiger partial charge in [0.2, 0.25) is 0 Å². The van der Waals surface area contributed by atoms with Crippen molar-refractivity contribution in [3.8, 4) is 11.5 Å². The molecule has 1 aliphatic rings. The Bertz CT molecular complexity index is 485. The topological polar surface area (TPSA) is 49.3 Å². The van der Waals surface area contributed by atoms with Crippen LogP contribution in [0.15, 0.2) is 23.2 Å². The van der Waals surface area contributed by atoms with Crippen LogP contribution in [0.5, 0.6) is 11.5 Å². The zero-order valence-corrected chi connectivity index (χ0v) is 12.4. The molecule has 0 aromatic heterocycles. The van der Waals surface area contributed by atoms with Gasteiger partial charge >= 0.3 is 0 Å². The van der Waals surface area contributed by atoms with Crippen LogP contribution in [0, 0.1) is 0 Å². The fraction of sp³-hybridized carbons (Fsp3) is 0.533. The monoisotopic (exact) mass is 279 g/mol. The van der Waals surface area contributed by atoms with E-state index in [1.807, 2.05) is 32.0 Å². The first-order valence-corrected chi connectivity index (χ1v) is 6.56. The number of ether oxygens (including phenoxy) is 4. The normalized spacial score (nSPS) is 21.3. The highest BCUT2D eigenvalue weighted by atomic mass is 16.7. The number of aliphatic imine (C=N–C) groups is 1. The standard InChI is InChI=1S/C15H21NO4/c1-15(2)19-10-13(20-15)9-16-8-11-5-6-12(17-3)7-14(11)18-4/h5-7,9,13H,8,10H2,1-4H3/b16-9+/t13-/m1/s1. The summed E-state index contributed by atoms with van der Waals surface area (Å²) in [5, 5.41) is 0. The molecule has 2 rings (SSSR count). The summed E-state index contributed by atoms with van der Waals surface area (Å²) >= 11 is 0. The molecule has 0 amide bonds. The lowest BCUT2D eigenvalue weighted by Gasteiger charge is -2.15. The smallest absolute Gasteiger partial charge is 0.163 e. The van der Waals surface area contributed by atoms with Crippen LogP contribution in [-0.4, -0.2) is 38.9 Å². The fourth-order valence-electron chi connectivity index (χ4n) is 2.04. The molecule has 1 aromatic rings. The maximum atomic E-state index is 5.66. The summed E-state index contributed by atoms with van der Waals surface area (Å²) in [6.07, 6.45) is 1.70. The molecule has 0 aliphatic carbocycles. The van der Waals surface area contributed by atoms with E-state index in [1.54, 1.807) is 20.4 Å². The molecule has 1 aromatic carbocycles. The molecule has 0 saturated carbocycles. The van der Waals surface area contributed by atoms with E-state index in [2.05, 4.69) is 4.99 Å². The molecule has 0 N–H and O–H groups in total. The van der Waals surface area contributed by atoms with Gasteiger partial charge in [-0.2, -0.15) is 0 Å². The van der Waals surface area contributed by atoms with Crippen LogP contribution in [0.3, 0.4) is 0 Å². The third-order valence-corrected chi connectivity index (χ3v) is 3.06. The zero-order valence-electron chi connectivity index (χ0n) is 12.4. The van der Waals surface area contributed by atoms with Crippen LogP contribution in [0.1, 0.15) is 19.4 Å². The molecule has 1 aliphatic heterocycles. The molecule has 110 valence electrons. The van der Waals surface area contributed by atoms with Crippen molar-refractivity contribution in [2.45, 2.75) is 32.3 Å². The third kappa shape index (κ3) is 3.71. The second-order valence-corrected chi connectivity index (χ2v) is 5.03. The van der Waals surface area contributed by atoms with E-state index < -0.39 is 5.79 Å². The first-order valence-electron chi connectivity index (χ1n) is 6.56. The van der Waals surface area contributed by atoms with E-state index in [9.17, 15) is 0 Å². The predicted octanol–water partition coefficient (Wildman–Crippen LogP) is 2.43. The Morgan fingerprint density at radius 1 is 1.35 bits per heavy atom. The predicted molar refractivity (Wildman–Crippen MR) is 76.6 cm³/mol. The van der Waals surface area contributed by atoms with Gasteiger partial charge in [-0.1, -0.05) is 0 Å². The number of nitrogens with zero attached hydrogens (tertiary/aromatic N) is 1. The van der Waals surface area contributed by atoms with Gasteiger partial charge in [0.05, 0.1) is 27.4 Å². The minimum Gasteiger partial charge on any atom is -0.497 e. The maximum absolute atomic E-state index is 5.66. The quantitative estimate of drug-likeness (QED) is 0.777. The Hall–Kier alpha value is -1.59. The van der Waals surface area contributed by atoms with Gasteiger partial charge in [-0.05, 0) is 26.0 Å². The first-order chi connectivity index (χ1) is 9.54. The second-order valence-electron chi connectivity index (χ2n) is 5.03. The summed E-state index contributed by atoms with van der Waals surface area (Å²) < 4.78 is 21.6. The third-order valence-electron chi connectivity index (χ3n) is 3.06. The van der Waals surface area contributed by atoms with Crippen LogP contribution >= 0.6 is 0 Å². The lowest BCUT2D eigenvalue weighted by atomic mass is 10.2. The second kappa shape index (κ2) is 6.24. The van der Waals surface area contributed by atoms with Gasteiger partial charge in [-0.25, -0.2) is 0 Å². The Morgan fingerprint density at radius 2 is 2.15 bits per heavy atom. The summed E-state index contributed by atoms with van der Waals surface area (Å²) in [4.78, 5) is 4.40. The minimum atomic E-state index is -0.519. The fourth-order valence-corrected chi connectivity index (χ4v) is 2.04. The number of hydrogen-bond acceptors (Lipinski definition) is 5. The Balaban J connectivity index is 1.97. The summed E-state index contributed by atoms with van der Waals surface area (Å²) in [6, 6.07) is 5.69. The van der Waals surface area contributed by atoms with Gasteiger partial charge < -0.3 is 18.9 Å². The Labute approximate surface area is 119 Å². The van der Waals surface area contributed by atoms with Crippen molar-refractivity contribution in [3.05, 3.63) is 23.8 Å². The van der Waals surface area contributed by atoms with Crippen molar-refractivity contribution >= 4 is 6.21 Å². The summed E-state index contributed by atoms with van der Waals surface area (Å²) in [6.45, 7) is 4.87. The molecule has 0 bridgehead atoms. The molecule has 5 heteroatoms. The van der Waals surface area contributed by atoms with Crippen LogP contribution in [-0.2, 0) is 16.0 Å². The van der Waals surface area contributed by atoms with E-state index in [-0.39, 0.29) is 6.10 Å². The SMILES string of the molecule is COc1ccc(C/N=C/[C@@H]2COC(C)(C)O2)c(OC)c1. The van der Waals surface area contributed by atoms with Gasteiger partial charge in [0.25, 0.3) is 0 Å². The van der Waals surface area contributed by atoms with Gasteiger partial charge in [0.1, 0.15) is 17.6 Å². The van der Waals surface area contributed by atoms with Crippen molar-refractivity contribution in [1.29, 1.82) is 0 Å². The maximum Gasteiger partial charge on any atom is 0.163 e.